The summed E-state index contributed by atoms with van der Waals surface area (Å²) < 4.78 is 41.0. The number of nitrogens with zero attached hydrogens (tertiary/aromatic N) is 1. The molecule has 20 heavy (non-hydrogen) atoms. The molecule has 106 valence electrons. The summed E-state index contributed by atoms with van der Waals surface area (Å²) in [7, 11) is -2.36. The molecule has 0 spiro atoms. The van der Waals surface area contributed by atoms with E-state index in [1.165, 1.54) is 29.9 Å². The Bertz CT molecular complexity index is 818. The van der Waals surface area contributed by atoms with Crippen LogP contribution in [0.15, 0.2) is 50.7 Å². The van der Waals surface area contributed by atoms with Crippen LogP contribution in [0.4, 0.5) is 10.1 Å². The third kappa shape index (κ3) is 3.07. The number of hydrogen-bond acceptors (Lipinski definition) is 3. The topological polar surface area (TPSA) is 68.2 Å². The monoisotopic (exact) mass is 360 g/mol. The number of pyridine rings is 1. The van der Waals surface area contributed by atoms with E-state index in [1.807, 2.05) is 0 Å². The highest BCUT2D eigenvalue weighted by molar-refractivity contribution is 9.10. The van der Waals surface area contributed by atoms with Crippen molar-refractivity contribution in [2.24, 2.45) is 7.05 Å². The van der Waals surface area contributed by atoms with E-state index < -0.39 is 15.8 Å². The molecule has 1 heterocycles. The lowest BCUT2D eigenvalue weighted by atomic mass is 10.3. The number of rotatable bonds is 3. The van der Waals surface area contributed by atoms with Crippen LogP contribution < -0.4 is 10.3 Å². The lowest BCUT2D eigenvalue weighted by molar-refractivity contribution is 0.599. The summed E-state index contributed by atoms with van der Waals surface area (Å²) in [4.78, 5) is 11.1. The maximum absolute atomic E-state index is 13.0. The first-order chi connectivity index (χ1) is 9.29. The second-order valence-electron chi connectivity index (χ2n) is 4.05. The molecule has 8 heteroatoms. The van der Waals surface area contributed by atoms with Crippen LogP contribution in [0.1, 0.15) is 0 Å². The van der Waals surface area contributed by atoms with E-state index in [-0.39, 0.29) is 20.6 Å². The Morgan fingerprint density at radius 2 is 1.95 bits per heavy atom. The number of benzene rings is 1. The molecule has 1 N–H and O–H groups in total. The summed E-state index contributed by atoms with van der Waals surface area (Å²) in [5.74, 6) is -0.544. The smallest absolute Gasteiger partial charge is 0.263 e. The SMILES string of the molecule is Cn1cc(NS(=O)(=O)c2ccc(F)cc2Br)ccc1=O. The first-order valence-electron chi connectivity index (χ1n) is 5.44. The predicted octanol–water partition coefficient (Wildman–Crippen LogP) is 2.09. The molecule has 0 amide bonds. The van der Waals surface area contributed by atoms with E-state index >= 15 is 0 Å². The van der Waals surface area contributed by atoms with E-state index in [0.717, 1.165) is 18.2 Å². The van der Waals surface area contributed by atoms with Gasteiger partial charge in [-0.05, 0) is 40.2 Å². The molecule has 0 saturated heterocycles. The number of nitrogens with one attached hydrogen (secondary N) is 1. The molecule has 0 fully saturated rings. The van der Waals surface area contributed by atoms with Gasteiger partial charge in [-0.2, -0.15) is 0 Å². The maximum Gasteiger partial charge on any atom is 0.263 e. The van der Waals surface area contributed by atoms with Gasteiger partial charge in [-0.25, -0.2) is 12.8 Å². The molecular formula is C12H10BrFN2O3S. The molecular weight excluding hydrogens is 351 g/mol. The van der Waals surface area contributed by atoms with Crippen LogP contribution >= 0.6 is 15.9 Å². The summed E-state index contributed by atoms with van der Waals surface area (Å²) in [6.45, 7) is 0. The fourth-order valence-corrected chi connectivity index (χ4v) is 3.65. The summed E-state index contributed by atoms with van der Waals surface area (Å²) in [5, 5.41) is 0. The Hall–Kier alpha value is -1.67. The summed E-state index contributed by atoms with van der Waals surface area (Å²) in [6.07, 6.45) is 1.36. The summed E-state index contributed by atoms with van der Waals surface area (Å²) >= 11 is 3.01. The zero-order valence-corrected chi connectivity index (χ0v) is 12.7. The highest BCUT2D eigenvalue weighted by atomic mass is 79.9. The Morgan fingerprint density at radius 1 is 1.25 bits per heavy atom. The molecule has 0 aliphatic rings. The van der Waals surface area contributed by atoms with Crippen molar-refractivity contribution in [1.82, 2.24) is 4.57 Å². The van der Waals surface area contributed by atoms with Gasteiger partial charge in [0.05, 0.1) is 5.69 Å². The third-order valence-corrected chi connectivity index (χ3v) is 4.88. The number of aryl methyl sites for hydroxylation is 1. The Labute approximate surface area is 123 Å². The van der Waals surface area contributed by atoms with Gasteiger partial charge in [-0.1, -0.05) is 0 Å². The van der Waals surface area contributed by atoms with Gasteiger partial charge in [-0.15, -0.1) is 0 Å². The second kappa shape index (κ2) is 5.37. The molecule has 0 unspecified atom stereocenters. The van der Waals surface area contributed by atoms with E-state index in [0.29, 0.717) is 0 Å². The van der Waals surface area contributed by atoms with Crippen LogP contribution in [-0.4, -0.2) is 13.0 Å². The van der Waals surface area contributed by atoms with Gasteiger partial charge in [0.1, 0.15) is 10.7 Å². The van der Waals surface area contributed by atoms with Crippen molar-refractivity contribution in [2.45, 2.75) is 4.90 Å². The number of halogens is 2. The minimum absolute atomic E-state index is 0.0900. The van der Waals surface area contributed by atoms with Gasteiger partial charge >= 0.3 is 0 Å². The van der Waals surface area contributed by atoms with Crippen LogP contribution in [0.25, 0.3) is 0 Å². The normalized spacial score (nSPS) is 11.3. The van der Waals surface area contributed by atoms with Gasteiger partial charge in [-0.3, -0.25) is 9.52 Å². The van der Waals surface area contributed by atoms with E-state index in [2.05, 4.69) is 20.7 Å². The maximum atomic E-state index is 13.0. The molecule has 0 aliphatic heterocycles. The van der Waals surface area contributed by atoms with Crippen LogP contribution in [0.3, 0.4) is 0 Å². The van der Waals surface area contributed by atoms with Crippen molar-refractivity contribution in [2.75, 3.05) is 4.72 Å². The first kappa shape index (κ1) is 14.7. The van der Waals surface area contributed by atoms with Crippen molar-refractivity contribution in [1.29, 1.82) is 0 Å². The average Bonchev–Trinajstić information content (AvgIpc) is 2.33. The summed E-state index contributed by atoms with van der Waals surface area (Å²) in [5.41, 5.74) is -0.0146. The van der Waals surface area contributed by atoms with Crippen LogP contribution in [-0.2, 0) is 17.1 Å². The molecule has 2 rings (SSSR count). The molecule has 0 aliphatic carbocycles. The average molecular weight is 361 g/mol. The lowest BCUT2D eigenvalue weighted by Crippen LogP contribution is -2.18. The molecule has 0 bridgehead atoms. The highest BCUT2D eigenvalue weighted by Crippen LogP contribution is 2.24. The second-order valence-corrected chi connectivity index (χ2v) is 6.55. The van der Waals surface area contributed by atoms with Crippen molar-refractivity contribution in [3.63, 3.8) is 0 Å². The van der Waals surface area contributed by atoms with Crippen molar-refractivity contribution in [3.05, 3.63) is 57.2 Å². The molecule has 0 saturated carbocycles. The van der Waals surface area contributed by atoms with E-state index in [4.69, 9.17) is 0 Å². The number of aromatic nitrogens is 1. The van der Waals surface area contributed by atoms with Crippen LogP contribution in [0, 0.1) is 5.82 Å². The fraction of sp³-hybridized carbons (Fsp3) is 0.0833. The molecule has 2 aromatic rings. The van der Waals surface area contributed by atoms with Crippen LogP contribution in [0.5, 0.6) is 0 Å². The molecule has 1 aromatic heterocycles. The fourth-order valence-electron chi connectivity index (χ4n) is 1.56. The minimum Gasteiger partial charge on any atom is -0.316 e. The number of anilines is 1. The predicted molar refractivity (Wildman–Crippen MR) is 76.6 cm³/mol. The van der Waals surface area contributed by atoms with Crippen molar-refractivity contribution in [3.8, 4) is 0 Å². The zero-order valence-electron chi connectivity index (χ0n) is 10.3. The van der Waals surface area contributed by atoms with Crippen molar-refractivity contribution >= 4 is 31.6 Å². The quantitative estimate of drug-likeness (QED) is 0.910. The van der Waals surface area contributed by atoms with Gasteiger partial charge in [0.25, 0.3) is 10.0 Å². The minimum atomic E-state index is -3.87. The largest absolute Gasteiger partial charge is 0.316 e. The Morgan fingerprint density at radius 3 is 2.55 bits per heavy atom. The summed E-state index contributed by atoms with van der Waals surface area (Å²) in [6, 6.07) is 5.88. The van der Waals surface area contributed by atoms with Gasteiger partial charge in [0.2, 0.25) is 5.56 Å². The standard InChI is InChI=1S/C12H10BrFN2O3S/c1-16-7-9(3-5-12(16)17)15-20(18,19)11-4-2-8(14)6-10(11)13/h2-7,15H,1H3. The zero-order chi connectivity index (χ0) is 14.9. The van der Waals surface area contributed by atoms with E-state index in [9.17, 15) is 17.6 Å². The first-order valence-corrected chi connectivity index (χ1v) is 7.72. The van der Waals surface area contributed by atoms with Crippen LogP contribution in [0.2, 0.25) is 0 Å². The van der Waals surface area contributed by atoms with Crippen molar-refractivity contribution < 1.29 is 12.8 Å². The highest BCUT2D eigenvalue weighted by Gasteiger charge is 2.18. The Balaban J connectivity index is 2.40. The molecule has 1 aromatic carbocycles. The molecule has 5 nitrogen and oxygen atoms in total. The van der Waals surface area contributed by atoms with Gasteiger partial charge < -0.3 is 4.57 Å². The van der Waals surface area contributed by atoms with E-state index in [1.54, 1.807) is 0 Å². The third-order valence-electron chi connectivity index (χ3n) is 2.52. The number of sulfonamides is 1. The van der Waals surface area contributed by atoms with Gasteiger partial charge in [0.15, 0.2) is 0 Å². The Kier molecular flexibility index (Phi) is 3.96. The van der Waals surface area contributed by atoms with Gasteiger partial charge in [0, 0.05) is 23.8 Å². The molecule has 0 atom stereocenters. The molecule has 0 radical (unpaired) electrons. The number of hydrogen-bond donors (Lipinski definition) is 1. The lowest BCUT2D eigenvalue weighted by Gasteiger charge is -2.10.